The van der Waals surface area contributed by atoms with Crippen molar-refractivity contribution in [1.29, 1.82) is 0 Å². The van der Waals surface area contributed by atoms with Crippen LogP contribution in [0.4, 0.5) is 10.5 Å². The van der Waals surface area contributed by atoms with Crippen LogP contribution in [0.2, 0.25) is 0 Å². The summed E-state index contributed by atoms with van der Waals surface area (Å²) in [6.45, 7) is 2.14. The summed E-state index contributed by atoms with van der Waals surface area (Å²) >= 11 is 0. The van der Waals surface area contributed by atoms with E-state index < -0.39 is 6.03 Å². The number of hydrogen-bond donors (Lipinski definition) is 1. The molecule has 29 heavy (non-hydrogen) atoms. The fourth-order valence-corrected chi connectivity index (χ4v) is 4.96. The fourth-order valence-electron chi connectivity index (χ4n) is 4.96. The molecule has 4 rings (SSSR count). The van der Waals surface area contributed by atoms with Crippen LogP contribution in [0.25, 0.3) is 11.5 Å². The van der Waals surface area contributed by atoms with Crippen molar-refractivity contribution in [2.24, 2.45) is 5.73 Å². The first kappa shape index (κ1) is 19.9. The van der Waals surface area contributed by atoms with Gasteiger partial charge in [0.05, 0.1) is 11.3 Å². The number of anilines is 1. The second kappa shape index (κ2) is 8.53. The van der Waals surface area contributed by atoms with Gasteiger partial charge in [0, 0.05) is 24.5 Å². The number of rotatable bonds is 6. The quantitative estimate of drug-likeness (QED) is 0.796. The summed E-state index contributed by atoms with van der Waals surface area (Å²) in [5.74, 6) is 1.15. The Balaban J connectivity index is 1.65. The standard InChI is InChI=1S/C22H31N5O2/c1-3-4-12-20-24-21(29-25-20)18-10-5-6-11-19(18)27(22(23)28)17-13-15-8-7-9-16(14-17)26(15)2/h5-6,10-11,15-17H,3-4,7-9,12-14H2,1-2H3,(H2,23,28). The molecular formula is C22H31N5O2. The number of primary amides is 1. The zero-order chi connectivity index (χ0) is 20.4. The molecule has 2 aliphatic heterocycles. The molecule has 0 spiro atoms. The number of unbranched alkanes of at least 4 members (excludes halogenated alkanes) is 1. The molecule has 2 saturated heterocycles. The van der Waals surface area contributed by atoms with Crippen LogP contribution in [0, 0.1) is 0 Å². The second-order valence-electron chi connectivity index (χ2n) is 8.37. The van der Waals surface area contributed by atoms with Crippen molar-refractivity contribution in [3.8, 4) is 11.5 Å². The molecular weight excluding hydrogens is 366 g/mol. The normalized spacial score (nSPS) is 24.4. The molecule has 156 valence electrons. The van der Waals surface area contributed by atoms with Gasteiger partial charge in [-0.3, -0.25) is 4.90 Å². The van der Waals surface area contributed by atoms with Crippen LogP contribution in [-0.4, -0.2) is 46.2 Å². The SMILES string of the molecule is CCCCc1noc(-c2ccccc2N(C(N)=O)C2CC3CCCC(C2)N3C)n1. The number of fused-ring (bicyclic) bond motifs is 2. The molecule has 0 aliphatic carbocycles. The number of nitrogens with two attached hydrogens (primary N) is 1. The van der Waals surface area contributed by atoms with Crippen LogP contribution < -0.4 is 10.6 Å². The van der Waals surface area contributed by atoms with E-state index in [4.69, 9.17) is 10.3 Å². The van der Waals surface area contributed by atoms with Crippen LogP contribution in [0.5, 0.6) is 0 Å². The number of benzene rings is 1. The smallest absolute Gasteiger partial charge is 0.319 e. The number of carbonyl (C=O) groups is 1. The maximum Gasteiger partial charge on any atom is 0.319 e. The molecule has 2 fully saturated rings. The number of nitrogens with zero attached hydrogens (tertiary/aromatic N) is 4. The molecule has 2 unspecified atom stereocenters. The highest BCUT2D eigenvalue weighted by Gasteiger charge is 2.40. The van der Waals surface area contributed by atoms with Crippen LogP contribution in [-0.2, 0) is 6.42 Å². The van der Waals surface area contributed by atoms with Gasteiger partial charge in [0.15, 0.2) is 5.82 Å². The molecule has 0 saturated carbocycles. The number of urea groups is 1. The minimum atomic E-state index is -0.421. The predicted molar refractivity (Wildman–Crippen MR) is 113 cm³/mol. The molecule has 2 bridgehead atoms. The van der Waals surface area contributed by atoms with Crippen molar-refractivity contribution >= 4 is 11.7 Å². The first-order valence-electron chi connectivity index (χ1n) is 10.8. The maximum absolute atomic E-state index is 12.6. The lowest BCUT2D eigenvalue weighted by Gasteiger charge is -2.49. The van der Waals surface area contributed by atoms with Crippen molar-refractivity contribution in [2.75, 3.05) is 11.9 Å². The number of hydrogen-bond acceptors (Lipinski definition) is 5. The summed E-state index contributed by atoms with van der Waals surface area (Å²) < 4.78 is 5.55. The number of aromatic nitrogens is 2. The third-order valence-electron chi connectivity index (χ3n) is 6.53. The Labute approximate surface area is 172 Å². The van der Waals surface area contributed by atoms with E-state index in [0.717, 1.165) is 43.4 Å². The molecule has 2 aromatic rings. The van der Waals surface area contributed by atoms with Crippen LogP contribution in [0.1, 0.15) is 57.7 Å². The summed E-state index contributed by atoms with van der Waals surface area (Å²) in [6, 6.07) is 8.40. The average molecular weight is 398 g/mol. The zero-order valence-electron chi connectivity index (χ0n) is 17.4. The third-order valence-corrected chi connectivity index (χ3v) is 6.53. The van der Waals surface area contributed by atoms with E-state index in [9.17, 15) is 4.79 Å². The monoisotopic (exact) mass is 397 g/mol. The number of para-hydroxylation sites is 1. The first-order valence-corrected chi connectivity index (χ1v) is 10.8. The van der Waals surface area contributed by atoms with Crippen molar-refractivity contribution in [2.45, 2.75) is 76.4 Å². The van der Waals surface area contributed by atoms with Gasteiger partial charge in [0.2, 0.25) is 0 Å². The molecule has 2 N–H and O–H groups in total. The van der Waals surface area contributed by atoms with Crippen LogP contribution in [0.15, 0.2) is 28.8 Å². The minimum Gasteiger partial charge on any atom is -0.351 e. The second-order valence-corrected chi connectivity index (χ2v) is 8.37. The van der Waals surface area contributed by atoms with E-state index in [1.807, 2.05) is 24.3 Å². The Morgan fingerprint density at radius 1 is 1.28 bits per heavy atom. The topological polar surface area (TPSA) is 88.5 Å². The number of aryl methyl sites for hydroxylation is 1. The first-order chi connectivity index (χ1) is 14.1. The van der Waals surface area contributed by atoms with Gasteiger partial charge in [-0.25, -0.2) is 4.79 Å². The summed E-state index contributed by atoms with van der Waals surface area (Å²) in [7, 11) is 2.21. The van der Waals surface area contributed by atoms with Crippen LogP contribution >= 0.6 is 0 Å². The number of carbonyl (C=O) groups excluding carboxylic acids is 1. The molecule has 3 heterocycles. The Kier molecular flexibility index (Phi) is 5.85. The van der Waals surface area contributed by atoms with E-state index in [-0.39, 0.29) is 6.04 Å². The Bertz CT molecular complexity index is 837. The molecule has 7 heteroatoms. The van der Waals surface area contributed by atoms with Gasteiger partial charge in [-0.15, -0.1) is 0 Å². The Morgan fingerprint density at radius 2 is 2.00 bits per heavy atom. The predicted octanol–water partition coefficient (Wildman–Crippen LogP) is 3.98. The molecule has 2 amide bonds. The third kappa shape index (κ3) is 4.01. The highest BCUT2D eigenvalue weighted by molar-refractivity contribution is 5.95. The zero-order valence-corrected chi connectivity index (χ0v) is 17.4. The lowest BCUT2D eigenvalue weighted by molar-refractivity contribution is 0.0564. The molecule has 2 aliphatic rings. The number of amides is 2. The highest BCUT2D eigenvalue weighted by Crippen LogP contribution is 2.38. The van der Waals surface area contributed by atoms with E-state index in [1.54, 1.807) is 4.90 Å². The molecule has 1 aromatic carbocycles. The van der Waals surface area contributed by atoms with Crippen molar-refractivity contribution < 1.29 is 9.32 Å². The van der Waals surface area contributed by atoms with E-state index in [0.29, 0.717) is 23.8 Å². The molecule has 7 nitrogen and oxygen atoms in total. The molecule has 0 radical (unpaired) electrons. The van der Waals surface area contributed by atoms with Gasteiger partial charge in [-0.2, -0.15) is 4.98 Å². The van der Waals surface area contributed by atoms with E-state index in [1.165, 1.54) is 19.3 Å². The van der Waals surface area contributed by atoms with Gasteiger partial charge in [0.1, 0.15) is 0 Å². The minimum absolute atomic E-state index is 0.0858. The Hall–Kier alpha value is -2.41. The molecule has 1 aromatic heterocycles. The summed E-state index contributed by atoms with van der Waals surface area (Å²) in [6.07, 6.45) is 8.40. The van der Waals surface area contributed by atoms with Crippen molar-refractivity contribution in [1.82, 2.24) is 15.0 Å². The maximum atomic E-state index is 12.6. The van der Waals surface area contributed by atoms with Gasteiger partial charge in [-0.05, 0) is 51.3 Å². The highest BCUT2D eigenvalue weighted by atomic mass is 16.5. The van der Waals surface area contributed by atoms with E-state index >= 15 is 0 Å². The van der Waals surface area contributed by atoms with Gasteiger partial charge in [0.25, 0.3) is 5.89 Å². The van der Waals surface area contributed by atoms with Gasteiger partial charge >= 0.3 is 6.03 Å². The summed E-state index contributed by atoms with van der Waals surface area (Å²) in [5, 5.41) is 4.12. The lowest BCUT2D eigenvalue weighted by Crippen LogP contribution is -2.57. The van der Waals surface area contributed by atoms with Crippen LogP contribution in [0.3, 0.4) is 0 Å². The average Bonchev–Trinajstić information content (AvgIpc) is 3.16. The van der Waals surface area contributed by atoms with Crippen molar-refractivity contribution in [3.05, 3.63) is 30.1 Å². The lowest BCUT2D eigenvalue weighted by atomic mass is 9.81. The van der Waals surface area contributed by atoms with Crippen molar-refractivity contribution in [3.63, 3.8) is 0 Å². The van der Waals surface area contributed by atoms with E-state index in [2.05, 4.69) is 29.0 Å². The number of piperidine rings is 2. The fraction of sp³-hybridized carbons (Fsp3) is 0.591. The van der Waals surface area contributed by atoms with Gasteiger partial charge < -0.3 is 15.2 Å². The Morgan fingerprint density at radius 3 is 2.69 bits per heavy atom. The van der Waals surface area contributed by atoms with Gasteiger partial charge in [-0.1, -0.05) is 37.1 Å². The summed E-state index contributed by atoms with van der Waals surface area (Å²) in [5.41, 5.74) is 7.44. The summed E-state index contributed by atoms with van der Waals surface area (Å²) in [4.78, 5) is 21.4. The largest absolute Gasteiger partial charge is 0.351 e. The molecule has 2 atom stereocenters.